The van der Waals surface area contributed by atoms with Gasteiger partial charge in [0.1, 0.15) is 0 Å². The maximum absolute atomic E-state index is 11.7. The lowest BCUT2D eigenvalue weighted by atomic mass is 10.1. The van der Waals surface area contributed by atoms with Gasteiger partial charge in [-0.05, 0) is 47.5 Å². The molecule has 0 N–H and O–H groups in total. The molecule has 2 aromatic carbocycles. The van der Waals surface area contributed by atoms with Crippen molar-refractivity contribution in [1.82, 2.24) is 0 Å². The Bertz CT molecular complexity index is 580. The van der Waals surface area contributed by atoms with Crippen LogP contribution in [0.5, 0.6) is 0 Å². The number of hydrogen-bond acceptors (Lipinski definition) is 3. The van der Waals surface area contributed by atoms with E-state index in [9.17, 15) is 4.79 Å². The molecule has 0 aliphatic heterocycles. The van der Waals surface area contributed by atoms with Gasteiger partial charge in [-0.2, -0.15) is 0 Å². The minimum Gasteiger partial charge on any atom is -0.290 e. The molecule has 100 valence electrons. The van der Waals surface area contributed by atoms with Crippen LogP contribution in [0.2, 0.25) is 0 Å². The Kier molecular flexibility index (Phi) is 5.27. The first-order chi connectivity index (χ1) is 9.63. The lowest BCUT2D eigenvalue weighted by molar-refractivity contribution is -0.110. The Labute approximate surface area is 129 Å². The molecule has 0 aliphatic carbocycles. The number of allylic oxidation sites excluding steroid dienone is 2. The van der Waals surface area contributed by atoms with Gasteiger partial charge in [0.2, 0.25) is 0 Å². The van der Waals surface area contributed by atoms with Crippen molar-refractivity contribution in [2.75, 3.05) is 0 Å². The summed E-state index contributed by atoms with van der Waals surface area (Å²) in [6, 6.07) is 15.2. The van der Waals surface area contributed by atoms with Crippen LogP contribution in [0, 0.1) is 0 Å². The third kappa shape index (κ3) is 4.76. The van der Waals surface area contributed by atoms with E-state index in [4.69, 9.17) is 0 Å². The normalized spacial score (nSPS) is 11.3. The summed E-state index contributed by atoms with van der Waals surface area (Å²) < 4.78 is 0. The highest BCUT2D eigenvalue weighted by atomic mass is 32.1. The van der Waals surface area contributed by atoms with E-state index in [0.717, 1.165) is 20.9 Å². The molecule has 0 aromatic heterocycles. The average Bonchev–Trinajstić information content (AvgIpc) is 2.46. The highest BCUT2D eigenvalue weighted by Gasteiger charge is 1.92. The van der Waals surface area contributed by atoms with Crippen LogP contribution >= 0.6 is 25.3 Å². The Morgan fingerprint density at radius 2 is 1.05 bits per heavy atom. The number of rotatable bonds is 4. The van der Waals surface area contributed by atoms with Crippen molar-refractivity contribution in [2.45, 2.75) is 9.79 Å². The average molecular weight is 298 g/mol. The summed E-state index contributed by atoms with van der Waals surface area (Å²) in [5.74, 6) is -0.0464. The molecule has 0 amide bonds. The summed E-state index contributed by atoms with van der Waals surface area (Å²) in [5.41, 5.74) is 1.95. The maximum atomic E-state index is 11.7. The summed E-state index contributed by atoms with van der Waals surface area (Å²) in [7, 11) is 0. The van der Waals surface area contributed by atoms with Crippen LogP contribution in [0.3, 0.4) is 0 Å². The molecule has 0 unspecified atom stereocenters. The monoisotopic (exact) mass is 298 g/mol. The van der Waals surface area contributed by atoms with Crippen molar-refractivity contribution in [2.24, 2.45) is 0 Å². The smallest absolute Gasteiger partial charge is 0.178 e. The van der Waals surface area contributed by atoms with Crippen LogP contribution in [-0.2, 0) is 4.79 Å². The van der Waals surface area contributed by atoms with Gasteiger partial charge in [-0.1, -0.05) is 36.4 Å². The molecule has 1 nitrogen and oxygen atoms in total. The highest BCUT2D eigenvalue weighted by molar-refractivity contribution is 7.80. The molecule has 2 rings (SSSR count). The topological polar surface area (TPSA) is 17.1 Å². The van der Waals surface area contributed by atoms with Crippen molar-refractivity contribution in [1.29, 1.82) is 0 Å². The van der Waals surface area contributed by atoms with Gasteiger partial charge in [0.25, 0.3) is 0 Å². The van der Waals surface area contributed by atoms with Gasteiger partial charge in [0, 0.05) is 9.79 Å². The minimum atomic E-state index is -0.0464. The fraction of sp³-hybridized carbons (Fsp3) is 0. The van der Waals surface area contributed by atoms with Crippen LogP contribution in [0.4, 0.5) is 0 Å². The first kappa shape index (κ1) is 14.7. The standard InChI is InChI=1S/C17H14OS2/c18-15(7-1-13-3-9-16(19)10-4-13)8-2-14-5-11-17(20)12-6-14/h1-12,19-20H/b7-1+,8-2+. The van der Waals surface area contributed by atoms with Gasteiger partial charge in [-0.15, -0.1) is 25.3 Å². The molecule has 0 fully saturated rings. The number of thiol groups is 2. The Hall–Kier alpha value is -1.71. The highest BCUT2D eigenvalue weighted by Crippen LogP contribution is 2.10. The van der Waals surface area contributed by atoms with Crippen LogP contribution in [0.15, 0.2) is 70.5 Å². The van der Waals surface area contributed by atoms with Gasteiger partial charge in [0.05, 0.1) is 0 Å². The summed E-state index contributed by atoms with van der Waals surface area (Å²) in [6.07, 6.45) is 6.68. The molecule has 3 heteroatoms. The fourth-order valence-corrected chi connectivity index (χ4v) is 1.88. The van der Waals surface area contributed by atoms with Crippen molar-refractivity contribution >= 4 is 43.2 Å². The van der Waals surface area contributed by atoms with Crippen LogP contribution in [0.1, 0.15) is 11.1 Å². The summed E-state index contributed by atoms with van der Waals surface area (Å²) in [4.78, 5) is 13.5. The second-order valence-electron chi connectivity index (χ2n) is 4.25. The summed E-state index contributed by atoms with van der Waals surface area (Å²) >= 11 is 8.43. The van der Waals surface area contributed by atoms with Crippen molar-refractivity contribution < 1.29 is 4.79 Å². The molecular formula is C17H14OS2. The van der Waals surface area contributed by atoms with Crippen molar-refractivity contribution in [3.05, 3.63) is 71.8 Å². The number of ketones is 1. The Balaban J connectivity index is 1.98. The molecule has 0 saturated heterocycles. The largest absolute Gasteiger partial charge is 0.290 e. The Morgan fingerprint density at radius 1 is 0.700 bits per heavy atom. The molecule has 0 aliphatic rings. The van der Waals surface area contributed by atoms with Gasteiger partial charge >= 0.3 is 0 Å². The van der Waals surface area contributed by atoms with E-state index in [0.29, 0.717) is 0 Å². The number of benzene rings is 2. The second kappa shape index (κ2) is 7.17. The van der Waals surface area contributed by atoms with Crippen molar-refractivity contribution in [3.8, 4) is 0 Å². The minimum absolute atomic E-state index is 0.0464. The molecule has 0 bridgehead atoms. The SMILES string of the molecule is O=C(/C=C/c1ccc(S)cc1)/C=C/c1ccc(S)cc1. The molecule has 20 heavy (non-hydrogen) atoms. The zero-order valence-corrected chi connectivity index (χ0v) is 12.5. The predicted molar refractivity (Wildman–Crippen MR) is 90.5 cm³/mol. The van der Waals surface area contributed by atoms with Gasteiger partial charge in [0.15, 0.2) is 5.78 Å². The van der Waals surface area contributed by atoms with Gasteiger partial charge in [-0.3, -0.25) is 4.79 Å². The van der Waals surface area contributed by atoms with E-state index in [1.807, 2.05) is 48.5 Å². The van der Waals surface area contributed by atoms with E-state index >= 15 is 0 Å². The number of hydrogen-bond donors (Lipinski definition) is 2. The maximum Gasteiger partial charge on any atom is 0.178 e. The number of carbonyl (C=O) groups is 1. The molecule has 0 radical (unpaired) electrons. The van der Waals surface area contributed by atoms with Gasteiger partial charge in [-0.25, -0.2) is 0 Å². The van der Waals surface area contributed by atoms with Crippen LogP contribution < -0.4 is 0 Å². The zero-order chi connectivity index (χ0) is 14.4. The molecule has 0 spiro atoms. The van der Waals surface area contributed by atoms with Crippen LogP contribution in [0.25, 0.3) is 12.2 Å². The van der Waals surface area contributed by atoms with Gasteiger partial charge < -0.3 is 0 Å². The van der Waals surface area contributed by atoms with E-state index in [2.05, 4.69) is 25.3 Å². The van der Waals surface area contributed by atoms with E-state index in [1.165, 1.54) is 0 Å². The molecule has 2 aromatic rings. The van der Waals surface area contributed by atoms with Crippen molar-refractivity contribution in [3.63, 3.8) is 0 Å². The third-order valence-electron chi connectivity index (χ3n) is 2.67. The zero-order valence-electron chi connectivity index (χ0n) is 10.7. The van der Waals surface area contributed by atoms with Crippen LogP contribution in [-0.4, -0.2) is 5.78 Å². The number of carbonyl (C=O) groups excluding carboxylic acids is 1. The molecular weight excluding hydrogens is 284 g/mol. The molecule has 0 heterocycles. The molecule has 0 atom stereocenters. The quantitative estimate of drug-likeness (QED) is 0.625. The first-order valence-electron chi connectivity index (χ1n) is 6.12. The van der Waals surface area contributed by atoms with E-state index in [1.54, 1.807) is 24.3 Å². The third-order valence-corrected chi connectivity index (χ3v) is 3.26. The summed E-state index contributed by atoms with van der Waals surface area (Å²) in [5, 5.41) is 0. The first-order valence-corrected chi connectivity index (χ1v) is 7.01. The summed E-state index contributed by atoms with van der Waals surface area (Å²) in [6.45, 7) is 0. The molecule has 0 saturated carbocycles. The van der Waals surface area contributed by atoms with E-state index in [-0.39, 0.29) is 5.78 Å². The fourth-order valence-electron chi connectivity index (χ4n) is 1.58. The van der Waals surface area contributed by atoms with E-state index < -0.39 is 0 Å². The predicted octanol–water partition coefficient (Wildman–Crippen LogP) is 4.56. The Morgan fingerprint density at radius 3 is 1.40 bits per heavy atom. The lowest BCUT2D eigenvalue weighted by Crippen LogP contribution is -1.84. The second-order valence-corrected chi connectivity index (χ2v) is 5.28. The lowest BCUT2D eigenvalue weighted by Gasteiger charge is -1.94.